The van der Waals surface area contributed by atoms with Crippen molar-refractivity contribution in [2.75, 3.05) is 6.61 Å². The average molecular weight is 423 g/mol. The molecule has 8 heteroatoms. The fourth-order valence-electron chi connectivity index (χ4n) is 3.77. The van der Waals surface area contributed by atoms with Crippen LogP contribution >= 0.6 is 0 Å². The van der Waals surface area contributed by atoms with E-state index in [4.69, 9.17) is 15.6 Å². The van der Waals surface area contributed by atoms with Gasteiger partial charge in [0.2, 0.25) is 5.88 Å². The van der Waals surface area contributed by atoms with E-state index in [2.05, 4.69) is 4.98 Å². The number of ether oxygens (including phenoxy) is 1. The summed E-state index contributed by atoms with van der Waals surface area (Å²) in [6, 6.07) is 9.93. The summed E-state index contributed by atoms with van der Waals surface area (Å²) in [5.74, 6) is -3.09. The Morgan fingerprint density at radius 3 is 2.45 bits per heavy atom. The summed E-state index contributed by atoms with van der Waals surface area (Å²) in [6.07, 6.45) is 4.39. The number of fused-ring (bicyclic) bond motifs is 1. The first-order valence-corrected chi connectivity index (χ1v) is 10.1. The Kier molecular flexibility index (Phi) is 6.69. The van der Waals surface area contributed by atoms with Gasteiger partial charge in [-0.15, -0.1) is 0 Å². The van der Waals surface area contributed by atoms with E-state index in [1.807, 2.05) is 37.3 Å². The second-order valence-electron chi connectivity index (χ2n) is 7.32. The molecule has 0 atom stereocenters. The van der Waals surface area contributed by atoms with Crippen LogP contribution in [0.2, 0.25) is 0 Å². The molecule has 162 valence electrons. The van der Waals surface area contributed by atoms with Crippen LogP contribution < -0.4 is 10.5 Å². The third-order valence-corrected chi connectivity index (χ3v) is 4.99. The van der Waals surface area contributed by atoms with Crippen molar-refractivity contribution in [2.45, 2.75) is 39.5 Å². The van der Waals surface area contributed by atoms with Gasteiger partial charge >= 0.3 is 5.97 Å². The molecule has 0 saturated carbocycles. The predicted octanol–water partition coefficient (Wildman–Crippen LogP) is 2.51. The van der Waals surface area contributed by atoms with Gasteiger partial charge in [-0.2, -0.15) is 0 Å². The average Bonchev–Trinajstić information content (AvgIpc) is 3.03. The maximum atomic E-state index is 12.8. The quantitative estimate of drug-likeness (QED) is 0.381. The van der Waals surface area contributed by atoms with Crippen molar-refractivity contribution < 1.29 is 24.2 Å². The Balaban J connectivity index is 2.24. The first-order valence-electron chi connectivity index (χ1n) is 10.1. The molecule has 0 unspecified atom stereocenters. The van der Waals surface area contributed by atoms with Gasteiger partial charge in [0.05, 0.1) is 11.3 Å². The van der Waals surface area contributed by atoms with Gasteiger partial charge in [-0.1, -0.05) is 43.7 Å². The molecule has 2 aromatic heterocycles. The molecule has 0 spiro atoms. The number of carbonyl (C=O) groups is 3. The number of carboxylic acids is 1. The molecule has 0 aliphatic carbocycles. The van der Waals surface area contributed by atoms with Crippen molar-refractivity contribution in [3.05, 3.63) is 64.6 Å². The molecule has 0 radical (unpaired) electrons. The molecule has 0 aliphatic heterocycles. The number of rotatable bonds is 10. The third kappa shape index (κ3) is 4.74. The molecule has 0 fully saturated rings. The number of Topliss-reactive ketones (excluding diaryl/α,β-unsaturated/α-hetero) is 1. The normalized spacial score (nSPS) is 10.9. The highest BCUT2D eigenvalue weighted by atomic mass is 16.5. The number of carbonyl (C=O) groups excluding carboxylic acids is 2. The lowest BCUT2D eigenvalue weighted by Gasteiger charge is -2.10. The first kappa shape index (κ1) is 22.0. The molecule has 31 heavy (non-hydrogen) atoms. The molecule has 8 nitrogen and oxygen atoms in total. The van der Waals surface area contributed by atoms with E-state index >= 15 is 0 Å². The monoisotopic (exact) mass is 423 g/mol. The zero-order valence-corrected chi connectivity index (χ0v) is 17.6. The van der Waals surface area contributed by atoms with Crippen molar-refractivity contribution in [3.8, 4) is 5.88 Å². The predicted molar refractivity (Wildman–Crippen MR) is 114 cm³/mol. The molecule has 1 amide bonds. The van der Waals surface area contributed by atoms with E-state index in [1.165, 1.54) is 0 Å². The van der Waals surface area contributed by atoms with Gasteiger partial charge in [-0.25, -0.2) is 9.78 Å². The van der Waals surface area contributed by atoms with E-state index in [0.717, 1.165) is 29.7 Å². The summed E-state index contributed by atoms with van der Waals surface area (Å²) >= 11 is 0. The number of aromatic nitrogens is 2. The Morgan fingerprint density at radius 1 is 1.13 bits per heavy atom. The molecule has 0 aliphatic rings. The minimum atomic E-state index is -1.17. The number of amides is 1. The molecular weight excluding hydrogens is 398 g/mol. The molecule has 1 aromatic carbocycles. The van der Waals surface area contributed by atoms with Gasteiger partial charge in [0.1, 0.15) is 5.52 Å². The van der Waals surface area contributed by atoms with E-state index in [0.29, 0.717) is 18.5 Å². The van der Waals surface area contributed by atoms with Gasteiger partial charge in [-0.3, -0.25) is 9.59 Å². The number of ketones is 1. The molecule has 3 aromatic rings. The lowest BCUT2D eigenvalue weighted by Crippen LogP contribution is -2.24. The topological polar surface area (TPSA) is 124 Å². The van der Waals surface area contributed by atoms with Crippen LogP contribution in [0.25, 0.3) is 5.52 Å². The highest BCUT2D eigenvalue weighted by Gasteiger charge is 2.29. The summed E-state index contributed by atoms with van der Waals surface area (Å²) in [6.45, 7) is 3.11. The summed E-state index contributed by atoms with van der Waals surface area (Å²) < 4.78 is 7.20. The lowest BCUT2D eigenvalue weighted by atomic mass is 9.98. The SMILES string of the molecule is CCCc1c(C(=O)C(N)=O)c2c(OCC(=O)O)nc(C)cn2c1CCc1ccccc1. The summed E-state index contributed by atoms with van der Waals surface area (Å²) in [5.41, 5.74) is 9.07. The standard InChI is InChI=1S/C23H25N3O5/c1-3-7-16-17(11-10-15-8-5-4-6-9-15)26-12-14(2)25-23(31-13-18(27)28)20(26)19(16)21(29)22(24)30/h4-6,8-9,12H,3,7,10-11,13H2,1-2H3,(H2,24,30)(H,27,28). The van der Waals surface area contributed by atoms with Crippen molar-refractivity contribution in [1.82, 2.24) is 9.38 Å². The van der Waals surface area contributed by atoms with Crippen LogP contribution in [0, 0.1) is 6.92 Å². The van der Waals surface area contributed by atoms with Crippen molar-refractivity contribution in [3.63, 3.8) is 0 Å². The molecular formula is C23H25N3O5. The Labute approximate surface area is 179 Å². The van der Waals surface area contributed by atoms with Gasteiger partial charge in [0, 0.05) is 11.9 Å². The van der Waals surface area contributed by atoms with E-state index in [-0.39, 0.29) is 17.0 Å². The maximum Gasteiger partial charge on any atom is 0.341 e. The summed E-state index contributed by atoms with van der Waals surface area (Å²) in [4.78, 5) is 40.0. The molecule has 0 bridgehead atoms. The number of primary amides is 1. The van der Waals surface area contributed by atoms with Crippen molar-refractivity contribution in [1.29, 1.82) is 0 Å². The van der Waals surface area contributed by atoms with Crippen LogP contribution in [0.5, 0.6) is 5.88 Å². The molecule has 3 rings (SSSR count). The minimum Gasteiger partial charge on any atom is -0.479 e. The number of hydrogen-bond acceptors (Lipinski definition) is 5. The number of aliphatic carboxylic acids is 1. The van der Waals surface area contributed by atoms with Gasteiger partial charge in [-0.05, 0) is 37.3 Å². The molecule has 2 heterocycles. The number of nitrogens with zero attached hydrogens (tertiary/aromatic N) is 2. The number of hydrogen-bond donors (Lipinski definition) is 2. The van der Waals surface area contributed by atoms with Crippen LogP contribution in [0.1, 0.15) is 46.2 Å². The summed E-state index contributed by atoms with van der Waals surface area (Å²) in [5, 5.41) is 9.04. The minimum absolute atomic E-state index is 0.00434. The zero-order chi connectivity index (χ0) is 22.5. The number of nitrogens with two attached hydrogens (primary N) is 1. The van der Waals surface area contributed by atoms with E-state index in [1.54, 1.807) is 17.5 Å². The smallest absolute Gasteiger partial charge is 0.341 e. The lowest BCUT2D eigenvalue weighted by molar-refractivity contribution is -0.139. The van der Waals surface area contributed by atoms with Crippen LogP contribution in [-0.4, -0.2) is 38.8 Å². The van der Waals surface area contributed by atoms with Gasteiger partial charge in [0.25, 0.3) is 11.7 Å². The van der Waals surface area contributed by atoms with Crippen molar-refractivity contribution in [2.24, 2.45) is 5.73 Å². The fraction of sp³-hybridized carbons (Fsp3) is 0.304. The molecule has 0 saturated heterocycles. The van der Waals surface area contributed by atoms with Crippen LogP contribution in [0.15, 0.2) is 36.5 Å². The summed E-state index contributed by atoms with van der Waals surface area (Å²) in [7, 11) is 0. The number of aryl methyl sites for hydroxylation is 3. The van der Waals surface area contributed by atoms with Crippen LogP contribution in [0.3, 0.4) is 0 Å². The second-order valence-corrected chi connectivity index (χ2v) is 7.32. The number of benzene rings is 1. The van der Waals surface area contributed by atoms with E-state index in [9.17, 15) is 14.4 Å². The molecule has 3 N–H and O–H groups in total. The largest absolute Gasteiger partial charge is 0.479 e. The van der Waals surface area contributed by atoms with Gasteiger partial charge < -0.3 is 20.0 Å². The van der Waals surface area contributed by atoms with E-state index < -0.39 is 24.3 Å². The van der Waals surface area contributed by atoms with Gasteiger partial charge in [0.15, 0.2) is 6.61 Å². The highest BCUT2D eigenvalue weighted by molar-refractivity contribution is 6.44. The fourth-order valence-corrected chi connectivity index (χ4v) is 3.77. The van der Waals surface area contributed by atoms with Crippen LogP contribution in [-0.2, 0) is 28.9 Å². The maximum absolute atomic E-state index is 12.8. The number of carboxylic acid groups (broad SMARTS) is 1. The second kappa shape index (κ2) is 9.42. The first-order chi connectivity index (χ1) is 14.8. The highest BCUT2D eigenvalue weighted by Crippen LogP contribution is 2.32. The Morgan fingerprint density at radius 2 is 1.84 bits per heavy atom. The van der Waals surface area contributed by atoms with Crippen molar-refractivity contribution >= 4 is 23.2 Å². The third-order valence-electron chi connectivity index (χ3n) is 4.99. The van der Waals surface area contributed by atoms with Crippen LogP contribution in [0.4, 0.5) is 0 Å². The zero-order valence-electron chi connectivity index (χ0n) is 17.6. The Hall–Kier alpha value is -3.68. The Bertz CT molecular complexity index is 1140.